The second-order valence-corrected chi connectivity index (χ2v) is 6.93. The lowest BCUT2D eigenvalue weighted by atomic mass is 10.0. The van der Waals surface area contributed by atoms with Crippen LogP contribution in [0.2, 0.25) is 0 Å². The lowest BCUT2D eigenvalue weighted by Crippen LogP contribution is -2.30. The number of nitrogens with one attached hydrogen (secondary N) is 1. The number of carbonyl (C=O) groups is 2. The second kappa shape index (κ2) is 8.17. The molecule has 0 spiro atoms. The van der Waals surface area contributed by atoms with Crippen LogP contribution in [0, 0.1) is 12.8 Å². The lowest BCUT2D eigenvalue weighted by Gasteiger charge is -2.18. The molecule has 4 nitrogen and oxygen atoms in total. The van der Waals surface area contributed by atoms with Crippen LogP contribution >= 0.6 is 0 Å². The molecule has 1 fully saturated rings. The molecule has 0 aromatic heterocycles. The third kappa shape index (κ3) is 4.13. The summed E-state index contributed by atoms with van der Waals surface area (Å²) in [7, 11) is 0. The molecule has 1 heterocycles. The van der Waals surface area contributed by atoms with E-state index in [4.69, 9.17) is 0 Å². The maximum atomic E-state index is 12.7. The van der Waals surface area contributed by atoms with Crippen LogP contribution in [0.5, 0.6) is 0 Å². The van der Waals surface area contributed by atoms with Crippen molar-refractivity contribution in [1.82, 2.24) is 4.90 Å². The molecule has 4 heteroatoms. The zero-order valence-electron chi connectivity index (χ0n) is 15.5. The van der Waals surface area contributed by atoms with E-state index in [0.717, 1.165) is 29.7 Å². The summed E-state index contributed by atoms with van der Waals surface area (Å²) in [6.07, 6.45) is 1.98. The molecule has 26 heavy (non-hydrogen) atoms. The molecule has 2 aromatic rings. The van der Waals surface area contributed by atoms with Crippen molar-refractivity contribution in [3.63, 3.8) is 0 Å². The average molecular weight is 350 g/mol. The van der Waals surface area contributed by atoms with Crippen LogP contribution in [0.25, 0.3) is 0 Å². The summed E-state index contributed by atoms with van der Waals surface area (Å²) in [5, 5.41) is 3.07. The summed E-state index contributed by atoms with van der Waals surface area (Å²) in [6, 6.07) is 16.2. The van der Waals surface area contributed by atoms with Gasteiger partial charge in [-0.2, -0.15) is 0 Å². The first-order valence-corrected chi connectivity index (χ1v) is 9.29. The maximum Gasteiger partial charge on any atom is 0.229 e. The van der Waals surface area contributed by atoms with Crippen molar-refractivity contribution in [2.24, 2.45) is 5.92 Å². The number of amides is 2. The molecule has 0 aliphatic carbocycles. The van der Waals surface area contributed by atoms with Crippen LogP contribution in [0.1, 0.15) is 30.0 Å². The molecule has 136 valence electrons. The topological polar surface area (TPSA) is 49.4 Å². The number of carbonyl (C=O) groups excluding carboxylic acids is 2. The van der Waals surface area contributed by atoms with Gasteiger partial charge >= 0.3 is 0 Å². The van der Waals surface area contributed by atoms with Gasteiger partial charge in [0.15, 0.2) is 0 Å². The standard InChI is InChI=1S/C22H26N2O2/c1-3-18-11-7-8-16(2)21(18)23-22(26)19-14-20(25)24(15-19)13-12-17-9-5-4-6-10-17/h4-11,19H,3,12-15H2,1-2H3,(H,23,26)/t19-/m0/s1. The molecule has 1 aliphatic heterocycles. The molecule has 1 atom stereocenters. The number of benzene rings is 2. The first-order chi connectivity index (χ1) is 12.6. The third-order valence-electron chi connectivity index (χ3n) is 5.09. The summed E-state index contributed by atoms with van der Waals surface area (Å²) in [4.78, 5) is 26.8. The molecular formula is C22H26N2O2. The van der Waals surface area contributed by atoms with Crippen molar-refractivity contribution >= 4 is 17.5 Å². The molecule has 0 bridgehead atoms. The van der Waals surface area contributed by atoms with Crippen LogP contribution in [0.15, 0.2) is 48.5 Å². The quantitative estimate of drug-likeness (QED) is 0.865. The van der Waals surface area contributed by atoms with Crippen LogP contribution < -0.4 is 5.32 Å². The van der Waals surface area contributed by atoms with Gasteiger partial charge in [-0.15, -0.1) is 0 Å². The van der Waals surface area contributed by atoms with Crippen LogP contribution in [-0.4, -0.2) is 29.8 Å². The summed E-state index contributed by atoms with van der Waals surface area (Å²) < 4.78 is 0. The summed E-state index contributed by atoms with van der Waals surface area (Å²) in [6.45, 7) is 5.25. The van der Waals surface area contributed by atoms with E-state index in [0.29, 0.717) is 19.5 Å². The molecule has 0 radical (unpaired) electrons. The van der Waals surface area contributed by atoms with Gasteiger partial charge in [-0.3, -0.25) is 9.59 Å². The van der Waals surface area contributed by atoms with E-state index in [2.05, 4.69) is 24.4 Å². The molecule has 0 unspecified atom stereocenters. The Morgan fingerprint density at radius 2 is 1.92 bits per heavy atom. The van der Waals surface area contributed by atoms with Gasteiger partial charge in [0.1, 0.15) is 0 Å². The predicted octanol–water partition coefficient (Wildman–Crippen LogP) is 3.59. The minimum absolute atomic E-state index is 0.0513. The normalized spacial score (nSPS) is 16.8. The molecule has 3 rings (SSSR count). The van der Waals surface area contributed by atoms with Crippen molar-refractivity contribution < 1.29 is 9.59 Å². The Morgan fingerprint density at radius 3 is 2.65 bits per heavy atom. The van der Waals surface area contributed by atoms with E-state index in [-0.39, 0.29) is 17.7 Å². The summed E-state index contributed by atoms with van der Waals surface area (Å²) in [5.41, 5.74) is 4.29. The molecular weight excluding hydrogens is 324 g/mol. The van der Waals surface area contributed by atoms with Gasteiger partial charge in [-0.25, -0.2) is 0 Å². The number of anilines is 1. The largest absolute Gasteiger partial charge is 0.342 e. The third-order valence-corrected chi connectivity index (χ3v) is 5.09. The van der Waals surface area contributed by atoms with Gasteiger partial charge in [0, 0.05) is 25.2 Å². The van der Waals surface area contributed by atoms with Gasteiger partial charge in [0.05, 0.1) is 5.92 Å². The van der Waals surface area contributed by atoms with Crippen molar-refractivity contribution in [2.45, 2.75) is 33.1 Å². The first kappa shape index (κ1) is 18.2. The minimum atomic E-state index is -0.275. The Morgan fingerprint density at radius 1 is 1.15 bits per heavy atom. The monoisotopic (exact) mass is 350 g/mol. The highest BCUT2D eigenvalue weighted by Crippen LogP contribution is 2.24. The Bertz CT molecular complexity index is 786. The molecule has 2 aromatic carbocycles. The molecule has 0 saturated carbocycles. The maximum absolute atomic E-state index is 12.7. The summed E-state index contributed by atoms with van der Waals surface area (Å²) >= 11 is 0. The van der Waals surface area contributed by atoms with E-state index >= 15 is 0 Å². The Balaban J connectivity index is 1.60. The zero-order valence-corrected chi connectivity index (χ0v) is 15.5. The zero-order chi connectivity index (χ0) is 18.5. The van der Waals surface area contributed by atoms with E-state index in [9.17, 15) is 9.59 Å². The number of aryl methyl sites for hydroxylation is 2. The first-order valence-electron chi connectivity index (χ1n) is 9.29. The Kier molecular flexibility index (Phi) is 5.71. The molecule has 1 aliphatic rings. The molecule has 2 amide bonds. The number of hydrogen-bond donors (Lipinski definition) is 1. The molecule has 1 saturated heterocycles. The number of rotatable bonds is 6. The van der Waals surface area contributed by atoms with Crippen LogP contribution in [0.3, 0.4) is 0 Å². The van der Waals surface area contributed by atoms with E-state index < -0.39 is 0 Å². The lowest BCUT2D eigenvalue weighted by molar-refractivity contribution is -0.128. The van der Waals surface area contributed by atoms with Gasteiger partial charge < -0.3 is 10.2 Å². The van der Waals surface area contributed by atoms with Gasteiger partial charge in [-0.05, 0) is 36.5 Å². The van der Waals surface area contributed by atoms with Crippen LogP contribution in [-0.2, 0) is 22.4 Å². The fourth-order valence-electron chi connectivity index (χ4n) is 3.50. The van der Waals surface area contributed by atoms with Crippen LogP contribution in [0.4, 0.5) is 5.69 Å². The van der Waals surface area contributed by atoms with Crippen molar-refractivity contribution in [2.75, 3.05) is 18.4 Å². The van der Waals surface area contributed by atoms with Gasteiger partial charge in [0.2, 0.25) is 11.8 Å². The smallest absolute Gasteiger partial charge is 0.229 e. The summed E-state index contributed by atoms with van der Waals surface area (Å²) in [5.74, 6) is -0.256. The Hall–Kier alpha value is -2.62. The number of hydrogen-bond acceptors (Lipinski definition) is 2. The SMILES string of the molecule is CCc1cccc(C)c1NC(=O)[C@H]1CC(=O)N(CCc2ccccc2)C1. The van der Waals surface area contributed by atoms with Crippen molar-refractivity contribution in [3.05, 3.63) is 65.2 Å². The Labute approximate surface area is 155 Å². The number of para-hydroxylation sites is 1. The number of likely N-dealkylation sites (tertiary alicyclic amines) is 1. The predicted molar refractivity (Wildman–Crippen MR) is 104 cm³/mol. The average Bonchev–Trinajstić information content (AvgIpc) is 3.03. The van der Waals surface area contributed by atoms with Crippen molar-refractivity contribution in [3.8, 4) is 0 Å². The highest BCUT2D eigenvalue weighted by atomic mass is 16.2. The minimum Gasteiger partial charge on any atom is -0.342 e. The highest BCUT2D eigenvalue weighted by Gasteiger charge is 2.34. The fraction of sp³-hybridized carbons (Fsp3) is 0.364. The highest BCUT2D eigenvalue weighted by molar-refractivity contribution is 5.98. The number of nitrogens with zero attached hydrogens (tertiary/aromatic N) is 1. The van der Waals surface area contributed by atoms with E-state index in [1.165, 1.54) is 5.56 Å². The van der Waals surface area contributed by atoms with E-state index in [1.807, 2.05) is 48.2 Å². The fourth-order valence-corrected chi connectivity index (χ4v) is 3.50. The van der Waals surface area contributed by atoms with Crippen molar-refractivity contribution in [1.29, 1.82) is 0 Å². The second-order valence-electron chi connectivity index (χ2n) is 6.93. The molecule has 1 N–H and O–H groups in total. The van der Waals surface area contributed by atoms with E-state index in [1.54, 1.807) is 0 Å². The van der Waals surface area contributed by atoms with Gasteiger partial charge in [-0.1, -0.05) is 55.5 Å². The van der Waals surface area contributed by atoms with Gasteiger partial charge in [0.25, 0.3) is 0 Å².